The van der Waals surface area contributed by atoms with Crippen LogP contribution in [0.5, 0.6) is 0 Å². The molecule has 0 saturated heterocycles. The summed E-state index contributed by atoms with van der Waals surface area (Å²) in [5, 5.41) is 3.77. The van der Waals surface area contributed by atoms with Gasteiger partial charge in [0.15, 0.2) is 10.1 Å². The molecular weight excluding hydrogens is 280 g/mol. The van der Waals surface area contributed by atoms with Gasteiger partial charge in [-0.05, 0) is 31.1 Å². The highest BCUT2D eigenvalue weighted by Crippen LogP contribution is 2.58. The summed E-state index contributed by atoms with van der Waals surface area (Å²) in [6, 6.07) is 0. The average molecular weight is 291 g/mol. The molecule has 2 aliphatic rings. The lowest BCUT2D eigenvalue weighted by molar-refractivity contribution is -0.209. The number of aliphatic hydroxyl groups excluding tert-OH is 1. The van der Waals surface area contributed by atoms with E-state index in [1.165, 1.54) is 0 Å². The van der Waals surface area contributed by atoms with E-state index >= 15 is 0 Å². The average Bonchev–Trinajstić information content (AvgIpc) is 2.73. The van der Waals surface area contributed by atoms with Crippen LogP contribution in [-0.4, -0.2) is 35.4 Å². The lowest BCUT2D eigenvalue weighted by Gasteiger charge is -2.37. The first-order valence-corrected chi connectivity index (χ1v) is 6.78. The number of hydrogen-bond acceptors (Lipinski definition) is 4. The molecule has 0 aromatic rings. The van der Waals surface area contributed by atoms with Crippen molar-refractivity contribution in [2.75, 3.05) is 0 Å². The molecule has 4 unspecified atom stereocenters. The van der Waals surface area contributed by atoms with Gasteiger partial charge < -0.3 is 9.66 Å². The number of hydrogen-bond donors (Lipinski definition) is 1. The van der Waals surface area contributed by atoms with E-state index in [0.29, 0.717) is 0 Å². The van der Waals surface area contributed by atoms with E-state index in [4.69, 9.17) is 0 Å². The minimum atomic E-state index is -6.45. The first kappa shape index (κ1) is 14.0. The third-order valence-electron chi connectivity index (χ3n) is 3.95. The van der Waals surface area contributed by atoms with Gasteiger partial charge in [0, 0.05) is 5.92 Å². The Labute approximate surface area is 101 Å². The van der Waals surface area contributed by atoms with Crippen molar-refractivity contribution in [1.82, 2.24) is 0 Å². The quantitative estimate of drug-likeness (QED) is 0.625. The van der Waals surface area contributed by atoms with E-state index < -0.39 is 39.2 Å². The first-order chi connectivity index (χ1) is 7.98. The molecule has 0 aliphatic heterocycles. The second-order valence-electron chi connectivity index (χ2n) is 5.00. The fourth-order valence-electron chi connectivity index (χ4n) is 3.11. The molecule has 0 aromatic carbocycles. The van der Waals surface area contributed by atoms with Gasteiger partial charge in [0.05, 0.1) is 6.10 Å². The summed E-state index contributed by atoms with van der Waals surface area (Å²) in [5.41, 5.74) is 0. The molecular formula is C9H11F4O4S-. The van der Waals surface area contributed by atoms with Crippen LogP contribution in [0.15, 0.2) is 0 Å². The molecule has 2 aliphatic carbocycles. The Balaban J connectivity index is 2.33. The number of fused-ring (bicyclic) bond motifs is 2. The molecule has 0 radical (unpaired) electrons. The number of alkyl halides is 4. The Bertz CT molecular complexity index is 449. The third-order valence-corrected chi connectivity index (χ3v) is 4.85. The van der Waals surface area contributed by atoms with Gasteiger partial charge in [-0.15, -0.1) is 0 Å². The standard InChI is InChI=1S/C9H12F4O4S/c10-8(11,9(12,13)18(15,16)17)6-2-4-1-5(6)7(14)3-4/h4-7,14H,1-3H2,(H,15,16,17)/p-1. The molecule has 106 valence electrons. The highest BCUT2D eigenvalue weighted by atomic mass is 32.2. The van der Waals surface area contributed by atoms with Crippen molar-refractivity contribution >= 4 is 10.1 Å². The van der Waals surface area contributed by atoms with Crippen molar-refractivity contribution in [3.05, 3.63) is 0 Å². The summed E-state index contributed by atoms with van der Waals surface area (Å²) >= 11 is 0. The van der Waals surface area contributed by atoms with E-state index in [2.05, 4.69) is 0 Å². The van der Waals surface area contributed by atoms with Gasteiger partial charge in [-0.1, -0.05) is 0 Å². The highest BCUT2D eigenvalue weighted by Gasteiger charge is 2.69. The lowest BCUT2D eigenvalue weighted by Crippen LogP contribution is -2.54. The Morgan fingerprint density at radius 3 is 2.06 bits per heavy atom. The van der Waals surface area contributed by atoms with Gasteiger partial charge in [-0.25, -0.2) is 8.42 Å². The predicted molar refractivity (Wildman–Crippen MR) is 49.9 cm³/mol. The molecule has 0 aromatic heterocycles. The van der Waals surface area contributed by atoms with Gasteiger partial charge in [0.2, 0.25) is 0 Å². The number of aliphatic hydroxyl groups is 1. The normalized spacial score (nSPS) is 37.2. The first-order valence-electron chi connectivity index (χ1n) is 5.37. The van der Waals surface area contributed by atoms with Crippen LogP contribution < -0.4 is 0 Å². The monoisotopic (exact) mass is 291 g/mol. The molecule has 4 nitrogen and oxygen atoms in total. The predicted octanol–water partition coefficient (Wildman–Crippen LogP) is 1.17. The van der Waals surface area contributed by atoms with Crippen molar-refractivity contribution in [3.63, 3.8) is 0 Å². The van der Waals surface area contributed by atoms with Crippen LogP contribution >= 0.6 is 0 Å². The Kier molecular flexibility index (Phi) is 2.95. The molecule has 4 atom stereocenters. The van der Waals surface area contributed by atoms with Gasteiger partial charge in [-0.3, -0.25) is 0 Å². The molecule has 9 heteroatoms. The summed E-state index contributed by atoms with van der Waals surface area (Å²) in [4.78, 5) is 0. The van der Waals surface area contributed by atoms with Gasteiger partial charge in [0.1, 0.15) is 0 Å². The van der Waals surface area contributed by atoms with Gasteiger partial charge in [0.25, 0.3) is 0 Å². The minimum Gasteiger partial charge on any atom is -0.743 e. The molecule has 1 N–H and O–H groups in total. The van der Waals surface area contributed by atoms with Gasteiger partial charge >= 0.3 is 11.2 Å². The fraction of sp³-hybridized carbons (Fsp3) is 1.00. The molecule has 0 spiro atoms. The smallest absolute Gasteiger partial charge is 0.396 e. The van der Waals surface area contributed by atoms with Crippen molar-refractivity contribution in [3.8, 4) is 0 Å². The van der Waals surface area contributed by atoms with Crippen molar-refractivity contribution in [2.45, 2.75) is 36.5 Å². The zero-order valence-electron chi connectivity index (χ0n) is 9.02. The van der Waals surface area contributed by atoms with E-state index in [1.807, 2.05) is 0 Å². The number of halogens is 4. The highest BCUT2D eigenvalue weighted by molar-refractivity contribution is 7.86. The Morgan fingerprint density at radius 2 is 1.67 bits per heavy atom. The maximum Gasteiger partial charge on any atom is 0.396 e. The largest absolute Gasteiger partial charge is 0.743 e. The molecule has 2 bridgehead atoms. The van der Waals surface area contributed by atoms with Crippen LogP contribution in [0, 0.1) is 17.8 Å². The van der Waals surface area contributed by atoms with E-state index in [0.717, 1.165) is 0 Å². The zero-order chi connectivity index (χ0) is 13.9. The summed E-state index contributed by atoms with van der Waals surface area (Å²) in [6.45, 7) is 0. The van der Waals surface area contributed by atoms with E-state index in [-0.39, 0.29) is 25.2 Å². The molecule has 2 saturated carbocycles. The van der Waals surface area contributed by atoms with E-state index in [1.54, 1.807) is 0 Å². The van der Waals surface area contributed by atoms with Crippen LogP contribution in [0.2, 0.25) is 0 Å². The maximum absolute atomic E-state index is 13.6. The van der Waals surface area contributed by atoms with Crippen LogP contribution in [0.1, 0.15) is 19.3 Å². The molecule has 0 heterocycles. The van der Waals surface area contributed by atoms with Crippen LogP contribution in [-0.2, 0) is 10.1 Å². The second-order valence-corrected chi connectivity index (χ2v) is 6.43. The summed E-state index contributed by atoms with van der Waals surface area (Å²) < 4.78 is 84.2. The minimum absolute atomic E-state index is 0.163. The van der Waals surface area contributed by atoms with Crippen molar-refractivity contribution in [2.24, 2.45) is 17.8 Å². The van der Waals surface area contributed by atoms with Crippen LogP contribution in [0.4, 0.5) is 17.6 Å². The van der Waals surface area contributed by atoms with Crippen molar-refractivity contribution in [1.29, 1.82) is 0 Å². The van der Waals surface area contributed by atoms with Gasteiger partial charge in [-0.2, -0.15) is 17.6 Å². The van der Waals surface area contributed by atoms with E-state index in [9.17, 15) is 35.6 Å². The molecule has 2 fully saturated rings. The van der Waals surface area contributed by atoms with Crippen molar-refractivity contribution < 1.29 is 35.6 Å². The third kappa shape index (κ3) is 1.75. The Morgan fingerprint density at radius 1 is 1.11 bits per heavy atom. The molecule has 18 heavy (non-hydrogen) atoms. The van der Waals surface area contributed by atoms with Crippen LogP contribution in [0.25, 0.3) is 0 Å². The fourth-order valence-corrected chi connectivity index (χ4v) is 3.60. The zero-order valence-corrected chi connectivity index (χ0v) is 9.84. The summed E-state index contributed by atoms with van der Waals surface area (Å²) in [5.74, 6) is -8.30. The summed E-state index contributed by atoms with van der Waals surface area (Å²) in [7, 11) is -6.45. The molecule has 2 rings (SSSR count). The Hall–Kier alpha value is -0.410. The second kappa shape index (κ2) is 3.80. The summed E-state index contributed by atoms with van der Waals surface area (Å²) in [6.07, 6.45) is -1.01. The molecule has 0 amide bonds. The number of rotatable bonds is 3. The lowest BCUT2D eigenvalue weighted by atomic mass is 9.82. The topological polar surface area (TPSA) is 77.4 Å². The SMILES string of the molecule is O=S(=O)([O-])C(F)(F)C(F)(F)C1CC2CC(O)C1C2. The maximum atomic E-state index is 13.6. The van der Waals surface area contributed by atoms with Crippen LogP contribution in [0.3, 0.4) is 0 Å².